The van der Waals surface area contributed by atoms with E-state index in [-0.39, 0.29) is 43.9 Å². The van der Waals surface area contributed by atoms with Crippen molar-refractivity contribution in [2.75, 3.05) is 13.2 Å². The van der Waals surface area contributed by atoms with Crippen molar-refractivity contribution in [3.05, 3.63) is 35.4 Å². The summed E-state index contributed by atoms with van der Waals surface area (Å²) in [5.74, 6) is -5.72. The molecule has 1 aromatic rings. The quantitative estimate of drug-likeness (QED) is 0.0392. The molecule has 3 amide bonds. The summed E-state index contributed by atoms with van der Waals surface area (Å²) in [5, 5.41) is 29.9. The molecule has 0 aromatic heterocycles. The number of amides is 3. The van der Waals surface area contributed by atoms with E-state index >= 15 is 0 Å². The maximum absolute atomic E-state index is 14.6. The highest BCUT2D eigenvalue weighted by molar-refractivity contribution is 6.18. The number of carboxylic acids is 1. The van der Waals surface area contributed by atoms with Gasteiger partial charge in [-0.25, -0.2) is 4.79 Å². The maximum Gasteiger partial charge on any atom is 0.338 e. The molecular formula is C31H46N8O7. The molecule has 15 nitrogen and oxygen atoms in total. The van der Waals surface area contributed by atoms with Gasteiger partial charge in [-0.05, 0) is 62.5 Å². The lowest BCUT2D eigenvalue weighted by Gasteiger charge is -2.42. The Hall–Kier alpha value is -3.92. The Morgan fingerprint density at radius 3 is 2.39 bits per heavy atom. The van der Waals surface area contributed by atoms with E-state index in [2.05, 4.69) is 20.9 Å². The zero-order valence-corrected chi connectivity index (χ0v) is 26.1. The highest BCUT2D eigenvalue weighted by Crippen LogP contribution is 2.36. The number of hydrogen-bond donors (Lipinski definition) is 8. The van der Waals surface area contributed by atoms with E-state index < -0.39 is 72.2 Å². The summed E-state index contributed by atoms with van der Waals surface area (Å²) in [7, 11) is 0. The van der Waals surface area contributed by atoms with Gasteiger partial charge in [0.05, 0.1) is 24.7 Å². The van der Waals surface area contributed by atoms with Crippen molar-refractivity contribution in [2.24, 2.45) is 28.1 Å². The minimum Gasteiger partial charge on any atom is -0.479 e. The molecule has 0 bridgehead atoms. The second-order valence-corrected chi connectivity index (χ2v) is 12.5. The number of imide groups is 1. The molecule has 2 heterocycles. The van der Waals surface area contributed by atoms with E-state index in [4.69, 9.17) is 17.2 Å². The number of aliphatic imine (C=N–C) groups is 1. The van der Waals surface area contributed by atoms with Crippen molar-refractivity contribution < 1.29 is 34.2 Å². The third kappa shape index (κ3) is 7.38. The van der Waals surface area contributed by atoms with Gasteiger partial charge < -0.3 is 43.4 Å². The Kier molecular flexibility index (Phi) is 11.5. The first kappa shape index (κ1) is 34.9. The fraction of sp³-hybridized carbons (Fsp3) is 0.613. The molecule has 1 saturated heterocycles. The molecule has 3 aliphatic rings. The van der Waals surface area contributed by atoms with Crippen LogP contribution < -0.4 is 33.2 Å². The Bertz CT molecular complexity index is 1340. The molecule has 2 fully saturated rings. The number of rotatable bonds is 13. The third-order valence-corrected chi connectivity index (χ3v) is 9.34. The standard InChI is InChI=1S/C31H46N8O7/c1-17(32)26(42)38-24(16-40)25(41)31(29(45)46,11-6-12-35-30(33)34)39(28(44)23-14-19-8-4-5-10-21(19)37-23)27(43)22-13-18-7-2-3-9-20(18)15-36-22/h2-3,7,9,17,19,21-24,36-37,40H,4-6,8,10-16,32H2,1H3,(H,38,42)(H,45,46)(H4,33,34,35)/t17-,19-,21-,22+,23-,24-,31+/m0/s1. The van der Waals surface area contributed by atoms with Crippen LogP contribution in [0.3, 0.4) is 0 Å². The van der Waals surface area contributed by atoms with Crippen LogP contribution in [0.4, 0.5) is 0 Å². The van der Waals surface area contributed by atoms with Crippen LogP contribution in [0.5, 0.6) is 0 Å². The zero-order chi connectivity index (χ0) is 33.6. The van der Waals surface area contributed by atoms with Crippen LogP contribution in [0.15, 0.2) is 29.3 Å². The summed E-state index contributed by atoms with van der Waals surface area (Å²) in [6, 6.07) is 2.59. The first-order valence-corrected chi connectivity index (χ1v) is 15.8. The summed E-state index contributed by atoms with van der Waals surface area (Å²) >= 11 is 0. The minimum atomic E-state index is -2.83. The number of carbonyl (C=O) groups excluding carboxylic acids is 4. The van der Waals surface area contributed by atoms with E-state index in [9.17, 15) is 34.2 Å². The number of nitrogens with zero attached hydrogens (tertiary/aromatic N) is 2. The average Bonchev–Trinajstić information content (AvgIpc) is 3.48. The number of ketones is 1. The molecule has 2 aliphatic heterocycles. The SMILES string of the molecule is C[C@H](N)C(=O)N[C@@H](CO)C(=O)[C@](CCCN=C(N)N)(C(=O)O)N(C(=O)[C@@H]1C[C@@H]2CCCC[C@@H]2N1)C(=O)[C@H]1Cc2ccccc2CN1. The molecule has 4 rings (SSSR count). The number of fused-ring (bicyclic) bond motifs is 2. The fourth-order valence-electron chi connectivity index (χ4n) is 6.92. The molecule has 0 radical (unpaired) electrons. The Labute approximate surface area is 267 Å². The summed E-state index contributed by atoms with van der Waals surface area (Å²) in [6.07, 6.45) is 3.50. The Morgan fingerprint density at radius 1 is 1.09 bits per heavy atom. The summed E-state index contributed by atoms with van der Waals surface area (Å²) in [4.78, 5) is 74.2. The van der Waals surface area contributed by atoms with Crippen molar-refractivity contribution in [3.63, 3.8) is 0 Å². The summed E-state index contributed by atoms with van der Waals surface area (Å²) < 4.78 is 0. The smallest absolute Gasteiger partial charge is 0.338 e. The molecule has 252 valence electrons. The van der Waals surface area contributed by atoms with Gasteiger partial charge in [0.1, 0.15) is 6.04 Å². The lowest BCUT2D eigenvalue weighted by atomic mass is 9.81. The zero-order valence-electron chi connectivity index (χ0n) is 26.1. The molecular weight excluding hydrogens is 596 g/mol. The molecule has 7 atom stereocenters. The number of aliphatic hydroxyl groups is 1. The normalized spacial score (nSPS) is 24.7. The monoisotopic (exact) mass is 642 g/mol. The largest absolute Gasteiger partial charge is 0.479 e. The van der Waals surface area contributed by atoms with Crippen molar-refractivity contribution in [1.29, 1.82) is 0 Å². The molecule has 0 spiro atoms. The van der Waals surface area contributed by atoms with E-state index in [0.29, 0.717) is 11.3 Å². The molecule has 1 saturated carbocycles. The summed E-state index contributed by atoms with van der Waals surface area (Å²) in [6.45, 7) is 0.517. The first-order chi connectivity index (χ1) is 21.9. The second kappa shape index (κ2) is 15.1. The number of hydrogen-bond acceptors (Lipinski definition) is 10. The number of nitrogens with two attached hydrogens (primary N) is 3. The molecule has 46 heavy (non-hydrogen) atoms. The highest BCUT2D eigenvalue weighted by atomic mass is 16.4. The maximum atomic E-state index is 14.6. The van der Waals surface area contributed by atoms with Gasteiger partial charge in [-0.15, -0.1) is 0 Å². The van der Waals surface area contributed by atoms with Crippen LogP contribution >= 0.6 is 0 Å². The number of Topliss-reactive ketones (excluding diaryl/α,β-unsaturated/α-hetero) is 1. The van der Waals surface area contributed by atoms with Crippen molar-refractivity contribution in [3.8, 4) is 0 Å². The molecule has 15 heteroatoms. The van der Waals surface area contributed by atoms with Gasteiger partial charge in [0.15, 0.2) is 11.7 Å². The number of carboxylic acid groups (broad SMARTS) is 1. The van der Waals surface area contributed by atoms with Gasteiger partial charge >= 0.3 is 5.97 Å². The van der Waals surface area contributed by atoms with Crippen LogP contribution in [-0.2, 0) is 36.9 Å². The first-order valence-electron chi connectivity index (χ1n) is 15.8. The van der Waals surface area contributed by atoms with E-state index in [1.54, 1.807) is 0 Å². The number of guanidine groups is 1. The lowest BCUT2D eigenvalue weighted by molar-refractivity contribution is -0.174. The fourth-order valence-corrected chi connectivity index (χ4v) is 6.92. The van der Waals surface area contributed by atoms with E-state index in [1.807, 2.05) is 24.3 Å². The van der Waals surface area contributed by atoms with E-state index in [1.165, 1.54) is 6.92 Å². The Balaban J connectivity index is 1.82. The predicted octanol–water partition coefficient (Wildman–Crippen LogP) is -1.75. The minimum absolute atomic E-state index is 0.0200. The van der Waals surface area contributed by atoms with Crippen molar-refractivity contribution >= 4 is 35.4 Å². The predicted molar refractivity (Wildman–Crippen MR) is 168 cm³/mol. The van der Waals surface area contributed by atoms with Gasteiger partial charge in [-0.1, -0.05) is 37.1 Å². The molecule has 1 aromatic carbocycles. The number of nitrogens with one attached hydrogen (secondary N) is 3. The third-order valence-electron chi connectivity index (χ3n) is 9.34. The topological polar surface area (TPSA) is 256 Å². The van der Waals surface area contributed by atoms with Crippen LogP contribution in [0.1, 0.15) is 63.0 Å². The van der Waals surface area contributed by atoms with Gasteiger partial charge in [0, 0.05) is 19.1 Å². The second-order valence-electron chi connectivity index (χ2n) is 12.5. The van der Waals surface area contributed by atoms with Crippen LogP contribution in [0, 0.1) is 5.92 Å². The van der Waals surface area contributed by atoms with Gasteiger partial charge in [-0.3, -0.25) is 29.1 Å². The van der Waals surface area contributed by atoms with Crippen LogP contribution in [0.2, 0.25) is 0 Å². The van der Waals surface area contributed by atoms with Crippen LogP contribution in [-0.4, -0.2) is 99.4 Å². The number of carbonyl (C=O) groups is 5. The average molecular weight is 643 g/mol. The molecule has 0 unspecified atom stereocenters. The number of benzene rings is 1. The van der Waals surface area contributed by atoms with Gasteiger partial charge in [-0.2, -0.15) is 0 Å². The summed E-state index contributed by atoms with van der Waals surface area (Å²) in [5.41, 5.74) is 15.6. The highest BCUT2D eigenvalue weighted by Gasteiger charge is 2.59. The molecule has 11 N–H and O–H groups in total. The van der Waals surface area contributed by atoms with E-state index in [0.717, 1.165) is 36.8 Å². The van der Waals surface area contributed by atoms with Gasteiger partial charge in [0.2, 0.25) is 23.3 Å². The molecule has 1 aliphatic carbocycles. The van der Waals surface area contributed by atoms with Crippen LogP contribution in [0.25, 0.3) is 0 Å². The van der Waals surface area contributed by atoms with Gasteiger partial charge in [0.25, 0.3) is 0 Å². The lowest BCUT2D eigenvalue weighted by Crippen LogP contribution is -2.72. The number of aliphatic carboxylic acids is 1. The van der Waals surface area contributed by atoms with Crippen molar-refractivity contribution in [2.45, 2.75) is 101 Å². The van der Waals surface area contributed by atoms with Crippen molar-refractivity contribution in [1.82, 2.24) is 20.9 Å². The number of aliphatic hydroxyl groups excluding tert-OH is 1. The Morgan fingerprint density at radius 2 is 1.76 bits per heavy atom.